The van der Waals surface area contributed by atoms with E-state index in [-0.39, 0.29) is 5.92 Å². The van der Waals surface area contributed by atoms with Gasteiger partial charge in [0.15, 0.2) is 0 Å². The monoisotopic (exact) mass is 203 g/mol. The van der Waals surface area contributed by atoms with Gasteiger partial charge in [-0.3, -0.25) is 9.79 Å². The predicted molar refractivity (Wildman–Crippen MR) is 58.5 cm³/mol. The minimum Gasteiger partial charge on any atom is -0.481 e. The lowest BCUT2D eigenvalue weighted by molar-refractivity contribution is -0.139. The third-order valence-electron chi connectivity index (χ3n) is 2.65. The second kappa shape index (κ2) is 4.26. The van der Waals surface area contributed by atoms with Crippen LogP contribution in [0.5, 0.6) is 0 Å². The highest BCUT2D eigenvalue weighted by atomic mass is 16.4. The van der Waals surface area contributed by atoms with Crippen LogP contribution in [0.15, 0.2) is 35.3 Å². The first-order chi connectivity index (χ1) is 7.27. The first kappa shape index (κ1) is 9.90. The zero-order chi connectivity index (χ0) is 10.7. The summed E-state index contributed by atoms with van der Waals surface area (Å²) in [5.74, 6) is -1.12. The summed E-state index contributed by atoms with van der Waals surface area (Å²) in [5, 5.41) is 8.98. The van der Waals surface area contributed by atoms with Crippen molar-refractivity contribution >= 4 is 17.4 Å². The van der Waals surface area contributed by atoms with Crippen molar-refractivity contribution in [1.29, 1.82) is 0 Å². The second-order valence-corrected chi connectivity index (χ2v) is 3.72. The van der Waals surface area contributed by atoms with Gasteiger partial charge in [0.1, 0.15) is 0 Å². The number of hydrogen-bond donors (Lipinski definition) is 1. The molecule has 2 rings (SSSR count). The summed E-state index contributed by atoms with van der Waals surface area (Å²) in [6.07, 6.45) is 2.47. The van der Waals surface area contributed by atoms with Crippen molar-refractivity contribution in [2.45, 2.75) is 19.3 Å². The summed E-state index contributed by atoms with van der Waals surface area (Å²) < 4.78 is 0. The Morgan fingerprint density at radius 3 is 2.73 bits per heavy atom. The molecule has 3 nitrogen and oxygen atoms in total. The van der Waals surface area contributed by atoms with Gasteiger partial charge in [0.05, 0.1) is 11.6 Å². The smallest absolute Gasteiger partial charge is 0.312 e. The van der Waals surface area contributed by atoms with Crippen LogP contribution in [0.1, 0.15) is 19.3 Å². The second-order valence-electron chi connectivity index (χ2n) is 3.72. The number of rotatable bonds is 2. The lowest BCUT2D eigenvalue weighted by Crippen LogP contribution is -2.17. The Morgan fingerprint density at radius 1 is 1.33 bits per heavy atom. The molecule has 1 fully saturated rings. The number of hydrogen-bond acceptors (Lipinski definition) is 2. The molecular weight excluding hydrogens is 190 g/mol. The van der Waals surface area contributed by atoms with E-state index >= 15 is 0 Å². The van der Waals surface area contributed by atoms with E-state index in [1.807, 2.05) is 30.3 Å². The molecule has 0 spiro atoms. The van der Waals surface area contributed by atoms with Crippen LogP contribution < -0.4 is 0 Å². The Morgan fingerprint density at radius 2 is 2.07 bits per heavy atom. The topological polar surface area (TPSA) is 49.7 Å². The summed E-state index contributed by atoms with van der Waals surface area (Å²) in [4.78, 5) is 15.3. The molecule has 1 aliphatic carbocycles. The molecule has 1 saturated carbocycles. The Balaban J connectivity index is 2.23. The van der Waals surface area contributed by atoms with Gasteiger partial charge in [-0.05, 0) is 31.4 Å². The molecule has 78 valence electrons. The van der Waals surface area contributed by atoms with Crippen LogP contribution in [0.4, 0.5) is 5.69 Å². The van der Waals surface area contributed by atoms with Crippen molar-refractivity contribution in [2.24, 2.45) is 10.9 Å². The maximum Gasteiger partial charge on any atom is 0.312 e. The van der Waals surface area contributed by atoms with E-state index in [2.05, 4.69) is 4.99 Å². The average molecular weight is 203 g/mol. The lowest BCUT2D eigenvalue weighted by Gasteiger charge is -2.04. The summed E-state index contributed by atoms with van der Waals surface area (Å²) in [5.41, 5.74) is 1.66. The molecule has 3 heteroatoms. The first-order valence-corrected chi connectivity index (χ1v) is 5.12. The number of nitrogens with zero attached hydrogens (tertiary/aromatic N) is 1. The molecule has 1 aliphatic rings. The molecule has 0 bridgehead atoms. The summed E-state index contributed by atoms with van der Waals surface area (Å²) in [6, 6.07) is 9.52. The Bertz CT molecular complexity index is 384. The highest BCUT2D eigenvalue weighted by molar-refractivity contribution is 6.03. The Hall–Kier alpha value is -1.64. The highest BCUT2D eigenvalue weighted by Crippen LogP contribution is 2.25. The molecule has 0 aromatic heterocycles. The minimum absolute atomic E-state index is 0.370. The molecule has 0 amide bonds. The largest absolute Gasteiger partial charge is 0.481 e. The fourth-order valence-corrected chi connectivity index (χ4v) is 1.90. The third kappa shape index (κ3) is 2.24. The summed E-state index contributed by atoms with van der Waals surface area (Å²) in [6.45, 7) is 0. The van der Waals surface area contributed by atoms with Crippen LogP contribution in [0.25, 0.3) is 0 Å². The van der Waals surface area contributed by atoms with E-state index in [0.29, 0.717) is 0 Å². The molecule has 0 radical (unpaired) electrons. The number of aliphatic imine (C=N–C) groups is 1. The van der Waals surface area contributed by atoms with Crippen molar-refractivity contribution in [2.75, 3.05) is 0 Å². The zero-order valence-electron chi connectivity index (χ0n) is 8.39. The molecule has 15 heavy (non-hydrogen) atoms. The van der Waals surface area contributed by atoms with Crippen LogP contribution in [0, 0.1) is 5.92 Å². The SMILES string of the molecule is O=C(O)C1CCCC1=Nc1ccccc1. The van der Waals surface area contributed by atoms with Gasteiger partial charge in [0.25, 0.3) is 0 Å². The molecule has 1 unspecified atom stereocenters. The van der Waals surface area contributed by atoms with Gasteiger partial charge in [0.2, 0.25) is 0 Å². The van der Waals surface area contributed by atoms with Crippen LogP contribution in [-0.4, -0.2) is 16.8 Å². The van der Waals surface area contributed by atoms with Crippen LogP contribution in [-0.2, 0) is 4.79 Å². The van der Waals surface area contributed by atoms with Gasteiger partial charge in [-0.15, -0.1) is 0 Å². The van der Waals surface area contributed by atoms with E-state index in [0.717, 1.165) is 30.7 Å². The summed E-state index contributed by atoms with van der Waals surface area (Å²) in [7, 11) is 0. The maximum atomic E-state index is 10.9. The number of para-hydroxylation sites is 1. The minimum atomic E-state index is -0.748. The van der Waals surface area contributed by atoms with E-state index in [1.165, 1.54) is 0 Å². The number of aliphatic carboxylic acids is 1. The lowest BCUT2D eigenvalue weighted by atomic mass is 10.1. The van der Waals surface area contributed by atoms with Gasteiger partial charge in [0, 0.05) is 5.71 Å². The van der Waals surface area contributed by atoms with Gasteiger partial charge < -0.3 is 5.11 Å². The first-order valence-electron chi connectivity index (χ1n) is 5.12. The normalized spacial score (nSPS) is 23.2. The average Bonchev–Trinajstić information content (AvgIpc) is 2.67. The van der Waals surface area contributed by atoms with Gasteiger partial charge in [-0.25, -0.2) is 0 Å². The van der Waals surface area contributed by atoms with Gasteiger partial charge >= 0.3 is 5.97 Å². The molecular formula is C12H13NO2. The fourth-order valence-electron chi connectivity index (χ4n) is 1.90. The standard InChI is InChI=1S/C12H13NO2/c14-12(15)10-7-4-8-11(10)13-9-5-2-1-3-6-9/h1-3,5-6,10H,4,7-8H2,(H,14,15). The Labute approximate surface area is 88.5 Å². The van der Waals surface area contributed by atoms with E-state index in [1.54, 1.807) is 0 Å². The van der Waals surface area contributed by atoms with Gasteiger partial charge in [-0.2, -0.15) is 0 Å². The number of carbonyl (C=O) groups is 1. The van der Waals surface area contributed by atoms with E-state index < -0.39 is 5.97 Å². The van der Waals surface area contributed by atoms with Crippen molar-refractivity contribution in [1.82, 2.24) is 0 Å². The molecule has 0 aliphatic heterocycles. The van der Waals surface area contributed by atoms with Crippen molar-refractivity contribution in [3.63, 3.8) is 0 Å². The fraction of sp³-hybridized carbons (Fsp3) is 0.333. The zero-order valence-corrected chi connectivity index (χ0v) is 8.39. The quantitative estimate of drug-likeness (QED) is 0.803. The van der Waals surface area contributed by atoms with Crippen molar-refractivity contribution in [3.8, 4) is 0 Å². The number of carboxylic acids is 1. The van der Waals surface area contributed by atoms with Crippen LogP contribution in [0.2, 0.25) is 0 Å². The molecule has 1 N–H and O–H groups in total. The Kier molecular flexibility index (Phi) is 2.81. The number of carboxylic acid groups (broad SMARTS) is 1. The van der Waals surface area contributed by atoms with E-state index in [4.69, 9.17) is 5.11 Å². The van der Waals surface area contributed by atoms with Crippen molar-refractivity contribution < 1.29 is 9.90 Å². The van der Waals surface area contributed by atoms with E-state index in [9.17, 15) is 4.79 Å². The predicted octanol–water partition coefficient (Wildman–Crippen LogP) is 2.64. The van der Waals surface area contributed by atoms with Crippen molar-refractivity contribution in [3.05, 3.63) is 30.3 Å². The van der Waals surface area contributed by atoms with Crippen LogP contribution in [0.3, 0.4) is 0 Å². The molecule has 1 aromatic carbocycles. The highest BCUT2D eigenvalue weighted by Gasteiger charge is 2.28. The molecule has 0 saturated heterocycles. The number of benzene rings is 1. The van der Waals surface area contributed by atoms with Crippen LogP contribution >= 0.6 is 0 Å². The van der Waals surface area contributed by atoms with Gasteiger partial charge in [-0.1, -0.05) is 18.2 Å². The summed E-state index contributed by atoms with van der Waals surface area (Å²) >= 11 is 0. The molecule has 0 heterocycles. The molecule has 1 aromatic rings. The third-order valence-corrected chi connectivity index (χ3v) is 2.65. The maximum absolute atomic E-state index is 10.9. The molecule has 1 atom stereocenters.